The zero-order valence-electron chi connectivity index (χ0n) is 10.1. The average Bonchev–Trinajstić information content (AvgIpc) is 2.90. The number of amides is 1. The van der Waals surface area contributed by atoms with Gasteiger partial charge in [-0.1, -0.05) is 0 Å². The molecule has 0 aliphatic rings. The largest absolute Gasteiger partial charge is 0.310 e. The third kappa shape index (κ3) is 2.80. The first kappa shape index (κ1) is 13.2. The third-order valence-electron chi connectivity index (χ3n) is 2.59. The lowest BCUT2D eigenvalue weighted by molar-refractivity contribution is 0.0988. The monoisotopic (exact) mass is 280 g/mol. The van der Waals surface area contributed by atoms with Gasteiger partial charge in [-0.05, 0) is 30.3 Å². The molecule has 19 heavy (non-hydrogen) atoms. The summed E-state index contributed by atoms with van der Waals surface area (Å²) in [6.07, 6.45) is 1.48. The molecule has 0 unspecified atom stereocenters. The SMILES string of the molecule is CN(C(=O)c1ccn[nH]1)c1ccc(S(N)(=O)=O)cc1. The van der Waals surface area contributed by atoms with Crippen molar-refractivity contribution in [1.29, 1.82) is 0 Å². The van der Waals surface area contributed by atoms with E-state index < -0.39 is 10.0 Å². The van der Waals surface area contributed by atoms with Gasteiger partial charge in [0.2, 0.25) is 10.0 Å². The van der Waals surface area contributed by atoms with E-state index in [0.717, 1.165) is 0 Å². The smallest absolute Gasteiger partial charge is 0.276 e. The van der Waals surface area contributed by atoms with Crippen molar-refractivity contribution in [2.24, 2.45) is 5.14 Å². The van der Waals surface area contributed by atoms with Gasteiger partial charge in [-0.2, -0.15) is 5.10 Å². The summed E-state index contributed by atoms with van der Waals surface area (Å²) in [4.78, 5) is 13.4. The van der Waals surface area contributed by atoms with E-state index in [1.165, 1.54) is 35.4 Å². The fourth-order valence-corrected chi connectivity index (χ4v) is 2.05. The number of nitrogens with one attached hydrogen (secondary N) is 1. The summed E-state index contributed by atoms with van der Waals surface area (Å²) in [6.45, 7) is 0. The molecule has 100 valence electrons. The number of carbonyl (C=O) groups is 1. The van der Waals surface area contributed by atoms with Crippen LogP contribution in [0.2, 0.25) is 0 Å². The number of aromatic amines is 1. The van der Waals surface area contributed by atoms with Gasteiger partial charge in [0, 0.05) is 18.9 Å². The second kappa shape index (κ2) is 4.82. The van der Waals surface area contributed by atoms with Gasteiger partial charge in [-0.3, -0.25) is 9.89 Å². The Balaban J connectivity index is 2.25. The minimum absolute atomic E-state index is 0.00126. The zero-order valence-corrected chi connectivity index (χ0v) is 10.9. The van der Waals surface area contributed by atoms with E-state index >= 15 is 0 Å². The molecule has 7 nitrogen and oxygen atoms in total. The van der Waals surface area contributed by atoms with Crippen molar-refractivity contribution >= 4 is 21.6 Å². The van der Waals surface area contributed by atoms with Crippen LogP contribution in [0.4, 0.5) is 5.69 Å². The minimum Gasteiger partial charge on any atom is -0.310 e. The lowest BCUT2D eigenvalue weighted by atomic mass is 10.3. The third-order valence-corrected chi connectivity index (χ3v) is 3.52. The molecule has 0 saturated heterocycles. The standard InChI is InChI=1S/C11H12N4O3S/c1-15(11(16)10-6-7-13-14-10)8-2-4-9(5-3-8)19(12,17)18/h2-7H,1H3,(H,13,14)(H2,12,17,18). The lowest BCUT2D eigenvalue weighted by Crippen LogP contribution is -2.26. The Morgan fingerprint density at radius 3 is 2.37 bits per heavy atom. The van der Waals surface area contributed by atoms with Crippen molar-refractivity contribution < 1.29 is 13.2 Å². The van der Waals surface area contributed by atoms with Crippen LogP contribution in [0.5, 0.6) is 0 Å². The topological polar surface area (TPSA) is 109 Å². The van der Waals surface area contributed by atoms with Crippen LogP contribution < -0.4 is 10.0 Å². The quantitative estimate of drug-likeness (QED) is 0.844. The first-order valence-corrected chi connectivity index (χ1v) is 6.84. The summed E-state index contributed by atoms with van der Waals surface area (Å²) in [6, 6.07) is 7.27. The van der Waals surface area contributed by atoms with Crippen LogP contribution in [0.25, 0.3) is 0 Å². The summed E-state index contributed by atoms with van der Waals surface area (Å²) in [5.74, 6) is -0.277. The van der Waals surface area contributed by atoms with Crippen LogP contribution in [0, 0.1) is 0 Å². The van der Waals surface area contributed by atoms with Crippen LogP contribution >= 0.6 is 0 Å². The van der Waals surface area contributed by atoms with Crippen molar-refractivity contribution in [1.82, 2.24) is 10.2 Å². The molecule has 0 atom stereocenters. The van der Waals surface area contributed by atoms with Crippen LogP contribution in [0.3, 0.4) is 0 Å². The highest BCUT2D eigenvalue weighted by Gasteiger charge is 2.15. The van der Waals surface area contributed by atoms with Gasteiger partial charge >= 0.3 is 0 Å². The van der Waals surface area contributed by atoms with E-state index in [9.17, 15) is 13.2 Å². The number of hydrogen-bond donors (Lipinski definition) is 2. The summed E-state index contributed by atoms with van der Waals surface area (Å²) in [7, 11) is -2.15. The van der Waals surface area contributed by atoms with Crippen molar-refractivity contribution in [2.45, 2.75) is 4.90 Å². The van der Waals surface area contributed by atoms with E-state index in [1.807, 2.05) is 0 Å². The van der Waals surface area contributed by atoms with Gasteiger partial charge in [-0.15, -0.1) is 0 Å². The number of anilines is 1. The molecule has 0 spiro atoms. The Kier molecular flexibility index (Phi) is 3.36. The summed E-state index contributed by atoms with van der Waals surface area (Å²) in [5.41, 5.74) is 0.894. The molecule has 0 fully saturated rings. The zero-order chi connectivity index (χ0) is 14.0. The number of benzene rings is 1. The Morgan fingerprint density at radius 2 is 1.89 bits per heavy atom. The maximum atomic E-state index is 12.0. The Morgan fingerprint density at radius 1 is 1.26 bits per heavy atom. The van der Waals surface area contributed by atoms with Crippen LogP contribution in [-0.4, -0.2) is 31.6 Å². The molecule has 8 heteroatoms. The molecule has 3 N–H and O–H groups in total. The Hall–Kier alpha value is -2.19. The number of nitrogens with two attached hydrogens (primary N) is 1. The Labute approximate surface area is 110 Å². The number of sulfonamides is 1. The number of carbonyl (C=O) groups excluding carboxylic acids is 1. The first-order chi connectivity index (χ1) is 8.89. The van der Waals surface area contributed by atoms with Gasteiger partial charge in [-0.25, -0.2) is 13.6 Å². The summed E-state index contributed by atoms with van der Waals surface area (Å²) in [5, 5.41) is 11.3. The maximum absolute atomic E-state index is 12.0. The molecule has 1 aromatic carbocycles. The molecule has 1 heterocycles. The number of H-pyrrole nitrogens is 1. The van der Waals surface area contributed by atoms with E-state index in [0.29, 0.717) is 11.4 Å². The second-order valence-corrected chi connectivity index (χ2v) is 5.43. The minimum atomic E-state index is -3.73. The van der Waals surface area contributed by atoms with E-state index in [1.54, 1.807) is 13.1 Å². The highest BCUT2D eigenvalue weighted by atomic mass is 32.2. The summed E-state index contributed by atoms with van der Waals surface area (Å²) < 4.78 is 22.2. The molecular formula is C11H12N4O3S. The molecule has 0 aliphatic carbocycles. The average molecular weight is 280 g/mol. The van der Waals surface area contributed by atoms with Crippen molar-refractivity contribution in [3.8, 4) is 0 Å². The van der Waals surface area contributed by atoms with Crippen LogP contribution in [0.15, 0.2) is 41.4 Å². The molecule has 2 aromatic rings. The van der Waals surface area contributed by atoms with Crippen LogP contribution in [0.1, 0.15) is 10.5 Å². The van der Waals surface area contributed by atoms with E-state index in [-0.39, 0.29) is 10.8 Å². The van der Waals surface area contributed by atoms with Gasteiger partial charge in [0.15, 0.2) is 0 Å². The normalized spacial score (nSPS) is 11.3. The van der Waals surface area contributed by atoms with E-state index in [4.69, 9.17) is 5.14 Å². The second-order valence-electron chi connectivity index (χ2n) is 3.87. The highest BCUT2D eigenvalue weighted by molar-refractivity contribution is 7.89. The number of hydrogen-bond acceptors (Lipinski definition) is 4. The molecule has 0 bridgehead atoms. The first-order valence-electron chi connectivity index (χ1n) is 5.30. The number of primary sulfonamides is 1. The van der Waals surface area contributed by atoms with Gasteiger partial charge in [0.25, 0.3) is 5.91 Å². The lowest BCUT2D eigenvalue weighted by Gasteiger charge is -2.16. The predicted octanol–water partition coefficient (Wildman–Crippen LogP) is 0.334. The fourth-order valence-electron chi connectivity index (χ4n) is 1.53. The van der Waals surface area contributed by atoms with E-state index in [2.05, 4.69) is 10.2 Å². The fraction of sp³-hybridized carbons (Fsp3) is 0.0909. The number of rotatable bonds is 3. The molecule has 2 rings (SSSR count). The van der Waals surface area contributed by atoms with Crippen molar-refractivity contribution in [3.05, 3.63) is 42.2 Å². The molecule has 0 saturated carbocycles. The highest BCUT2D eigenvalue weighted by Crippen LogP contribution is 2.17. The molecule has 0 aliphatic heterocycles. The summed E-state index contributed by atoms with van der Waals surface area (Å²) >= 11 is 0. The van der Waals surface area contributed by atoms with Gasteiger partial charge < -0.3 is 4.90 Å². The molecule has 1 aromatic heterocycles. The molecular weight excluding hydrogens is 268 g/mol. The van der Waals surface area contributed by atoms with Crippen molar-refractivity contribution in [3.63, 3.8) is 0 Å². The van der Waals surface area contributed by atoms with Gasteiger partial charge in [0.1, 0.15) is 5.69 Å². The number of nitrogens with zero attached hydrogens (tertiary/aromatic N) is 2. The molecule has 1 amide bonds. The Bertz CT molecular complexity index is 677. The van der Waals surface area contributed by atoms with Gasteiger partial charge in [0.05, 0.1) is 4.90 Å². The number of aromatic nitrogens is 2. The van der Waals surface area contributed by atoms with Crippen molar-refractivity contribution in [2.75, 3.05) is 11.9 Å². The predicted molar refractivity (Wildman–Crippen MR) is 69.1 cm³/mol. The molecule has 0 radical (unpaired) electrons. The maximum Gasteiger partial charge on any atom is 0.276 e. The van der Waals surface area contributed by atoms with Crippen LogP contribution in [-0.2, 0) is 10.0 Å².